The number of hydrogen-bond acceptors (Lipinski definition) is 5. The number of aryl methyl sites for hydroxylation is 2. The third-order valence-electron chi connectivity index (χ3n) is 6.86. The first-order valence-electron chi connectivity index (χ1n) is 12.5. The number of nitrogens with zero attached hydrogens (tertiary/aromatic N) is 4. The van der Waals surface area contributed by atoms with Crippen molar-refractivity contribution in [1.82, 2.24) is 19.9 Å². The van der Waals surface area contributed by atoms with Crippen molar-refractivity contribution in [1.29, 1.82) is 0 Å². The van der Waals surface area contributed by atoms with Crippen LogP contribution in [-0.4, -0.2) is 39.3 Å². The van der Waals surface area contributed by atoms with E-state index in [0.717, 1.165) is 39.7 Å². The number of hydrogen-bond donors (Lipinski definition) is 2. The van der Waals surface area contributed by atoms with E-state index in [1.807, 2.05) is 42.6 Å². The highest BCUT2D eigenvalue weighted by atomic mass is 35.5. The van der Waals surface area contributed by atoms with Gasteiger partial charge in [-0.1, -0.05) is 23.7 Å². The molecule has 4 heterocycles. The van der Waals surface area contributed by atoms with Crippen molar-refractivity contribution in [3.63, 3.8) is 0 Å². The van der Waals surface area contributed by atoms with E-state index in [2.05, 4.69) is 63.0 Å². The van der Waals surface area contributed by atoms with E-state index in [-0.39, 0.29) is 24.6 Å². The number of methoxy groups -OCH3 is 1. The van der Waals surface area contributed by atoms with E-state index in [9.17, 15) is 4.79 Å². The van der Waals surface area contributed by atoms with E-state index < -0.39 is 0 Å². The molecule has 8 nitrogen and oxygen atoms in total. The summed E-state index contributed by atoms with van der Waals surface area (Å²) in [7, 11) is 1.47. The molecule has 1 saturated heterocycles. The first-order valence-corrected chi connectivity index (χ1v) is 13.3. The van der Waals surface area contributed by atoms with Gasteiger partial charge in [0.2, 0.25) is 5.91 Å². The summed E-state index contributed by atoms with van der Waals surface area (Å²) < 4.78 is 7.09. The van der Waals surface area contributed by atoms with Crippen LogP contribution in [0.5, 0.6) is 0 Å². The molecule has 200 valence electrons. The number of amides is 1. The Labute approximate surface area is 238 Å². The van der Waals surface area contributed by atoms with Gasteiger partial charge in [-0.2, -0.15) is 0 Å². The van der Waals surface area contributed by atoms with E-state index in [4.69, 9.17) is 28.6 Å². The summed E-state index contributed by atoms with van der Waals surface area (Å²) in [5, 5.41) is 7.23. The molecule has 1 aromatic carbocycles. The predicted molar refractivity (Wildman–Crippen MR) is 158 cm³/mol. The second kappa shape index (κ2) is 11.1. The molecule has 5 rings (SSSR count). The molecule has 1 fully saturated rings. The Bertz CT molecular complexity index is 1540. The minimum atomic E-state index is -0.282. The first-order chi connectivity index (χ1) is 18.8. The van der Waals surface area contributed by atoms with Crippen LogP contribution in [0, 0.1) is 20.8 Å². The Morgan fingerprint density at radius 2 is 1.90 bits per heavy atom. The standard InChI is InChI=1S/C29H29ClN6O2S/c1-17-8-7-13-32-28(17)35-18(2)14-21(19(35)3)27-26(24-9-5-6-12-31-24)34-29(39)36(27)20-10-11-23(22(30)15-20)33-25(37)16-38-4/h5-15,26-27H,16H2,1-4H3,(H,33,37)(H,34,39)/t26-,27+/m1/s1. The molecule has 2 N–H and O–H groups in total. The summed E-state index contributed by atoms with van der Waals surface area (Å²) in [6.07, 6.45) is 3.60. The van der Waals surface area contributed by atoms with Gasteiger partial charge in [0.1, 0.15) is 12.4 Å². The zero-order valence-electron chi connectivity index (χ0n) is 22.1. The van der Waals surface area contributed by atoms with Gasteiger partial charge in [-0.3, -0.25) is 9.78 Å². The molecule has 1 aliphatic rings. The summed E-state index contributed by atoms with van der Waals surface area (Å²) in [6.45, 7) is 6.19. The Hall–Kier alpha value is -3.79. The number of rotatable bonds is 7. The maximum Gasteiger partial charge on any atom is 0.250 e. The summed E-state index contributed by atoms with van der Waals surface area (Å²) in [6, 6.07) is 17.1. The minimum Gasteiger partial charge on any atom is -0.375 e. The Kier molecular flexibility index (Phi) is 7.65. The van der Waals surface area contributed by atoms with E-state index in [0.29, 0.717) is 15.8 Å². The number of nitrogens with one attached hydrogen (secondary N) is 2. The van der Waals surface area contributed by atoms with Crippen molar-refractivity contribution >= 4 is 46.2 Å². The van der Waals surface area contributed by atoms with Gasteiger partial charge in [-0.15, -0.1) is 0 Å². The van der Waals surface area contributed by atoms with Gasteiger partial charge in [0.05, 0.1) is 28.5 Å². The zero-order valence-corrected chi connectivity index (χ0v) is 23.7. The Balaban J connectivity index is 1.62. The molecule has 10 heteroatoms. The molecule has 1 amide bonds. The molecule has 3 aromatic heterocycles. The summed E-state index contributed by atoms with van der Waals surface area (Å²) in [5.74, 6) is 0.614. The van der Waals surface area contributed by atoms with Crippen molar-refractivity contribution in [2.24, 2.45) is 0 Å². The van der Waals surface area contributed by atoms with Crippen molar-refractivity contribution in [3.05, 3.63) is 100 Å². The third-order valence-corrected chi connectivity index (χ3v) is 7.49. The molecule has 4 aromatic rings. The SMILES string of the molecule is COCC(=O)Nc1ccc(N2C(=S)N[C@H](c3ccccn3)[C@@H]2c2cc(C)n(-c3ncccc3C)c2C)cc1Cl. The van der Waals surface area contributed by atoms with Gasteiger partial charge in [-0.25, -0.2) is 4.98 Å². The Morgan fingerprint density at radius 3 is 2.59 bits per heavy atom. The van der Waals surface area contributed by atoms with Crippen LogP contribution in [-0.2, 0) is 9.53 Å². The lowest BCUT2D eigenvalue weighted by Crippen LogP contribution is -2.29. The lowest BCUT2D eigenvalue weighted by Gasteiger charge is -2.28. The molecule has 39 heavy (non-hydrogen) atoms. The molecule has 0 radical (unpaired) electrons. The van der Waals surface area contributed by atoms with Crippen molar-refractivity contribution in [2.45, 2.75) is 32.9 Å². The smallest absolute Gasteiger partial charge is 0.250 e. The number of carbonyl (C=O) groups excluding carboxylic acids is 1. The van der Waals surface area contributed by atoms with Crippen LogP contribution in [0.15, 0.2) is 67.0 Å². The lowest BCUT2D eigenvalue weighted by atomic mass is 9.96. The van der Waals surface area contributed by atoms with Crippen LogP contribution in [0.25, 0.3) is 5.82 Å². The van der Waals surface area contributed by atoms with Gasteiger partial charge < -0.3 is 24.8 Å². The van der Waals surface area contributed by atoms with Crippen LogP contribution in [0.2, 0.25) is 5.02 Å². The summed E-state index contributed by atoms with van der Waals surface area (Å²) in [4.78, 5) is 23.5. The summed E-state index contributed by atoms with van der Waals surface area (Å²) in [5.41, 5.74) is 6.48. The van der Waals surface area contributed by atoms with Gasteiger partial charge >= 0.3 is 0 Å². The Morgan fingerprint density at radius 1 is 1.10 bits per heavy atom. The van der Waals surface area contributed by atoms with E-state index >= 15 is 0 Å². The molecule has 0 saturated carbocycles. The number of pyridine rings is 2. The second-order valence-corrected chi connectivity index (χ2v) is 10.2. The van der Waals surface area contributed by atoms with Crippen molar-refractivity contribution in [3.8, 4) is 5.82 Å². The lowest BCUT2D eigenvalue weighted by molar-refractivity contribution is -0.119. The number of aromatic nitrogens is 3. The number of anilines is 2. The highest BCUT2D eigenvalue weighted by Gasteiger charge is 2.42. The number of ether oxygens (including phenoxy) is 1. The average molecular weight is 561 g/mol. The average Bonchev–Trinajstić information content (AvgIpc) is 3.41. The van der Waals surface area contributed by atoms with E-state index in [1.54, 1.807) is 12.3 Å². The topological polar surface area (TPSA) is 84.3 Å². The maximum absolute atomic E-state index is 12.1. The summed E-state index contributed by atoms with van der Waals surface area (Å²) >= 11 is 12.5. The van der Waals surface area contributed by atoms with Crippen LogP contribution >= 0.6 is 23.8 Å². The molecule has 2 atom stereocenters. The number of halogens is 1. The van der Waals surface area contributed by atoms with Crippen molar-refractivity contribution in [2.75, 3.05) is 23.9 Å². The van der Waals surface area contributed by atoms with E-state index in [1.165, 1.54) is 7.11 Å². The van der Waals surface area contributed by atoms with Crippen molar-refractivity contribution < 1.29 is 9.53 Å². The second-order valence-electron chi connectivity index (χ2n) is 9.45. The first kappa shape index (κ1) is 26.8. The predicted octanol–water partition coefficient (Wildman–Crippen LogP) is 5.61. The number of benzene rings is 1. The highest BCUT2D eigenvalue weighted by molar-refractivity contribution is 7.80. The fourth-order valence-electron chi connectivity index (χ4n) is 5.15. The zero-order chi connectivity index (χ0) is 27.7. The normalized spacial score (nSPS) is 16.8. The van der Waals surface area contributed by atoms with Gasteiger partial charge in [0, 0.05) is 36.6 Å². The molecular weight excluding hydrogens is 532 g/mol. The van der Waals surface area contributed by atoms with Gasteiger partial charge in [0.25, 0.3) is 0 Å². The maximum atomic E-state index is 12.1. The molecule has 0 unspecified atom stereocenters. The molecule has 0 bridgehead atoms. The van der Waals surface area contributed by atoms with Crippen LogP contribution < -0.4 is 15.5 Å². The molecule has 1 aliphatic heterocycles. The van der Waals surface area contributed by atoms with Gasteiger partial charge in [0.15, 0.2) is 5.11 Å². The molecule has 0 spiro atoms. The molecular formula is C29H29ClN6O2S. The fraction of sp³-hybridized carbons (Fsp3) is 0.241. The third kappa shape index (κ3) is 5.13. The van der Waals surface area contributed by atoms with Crippen LogP contribution in [0.4, 0.5) is 11.4 Å². The quantitative estimate of drug-likeness (QED) is 0.284. The van der Waals surface area contributed by atoms with Crippen LogP contribution in [0.1, 0.15) is 40.3 Å². The monoisotopic (exact) mass is 560 g/mol. The number of carbonyl (C=O) groups is 1. The van der Waals surface area contributed by atoms with Crippen LogP contribution in [0.3, 0.4) is 0 Å². The minimum absolute atomic E-state index is 0.0581. The highest BCUT2D eigenvalue weighted by Crippen LogP contribution is 2.44. The van der Waals surface area contributed by atoms with Gasteiger partial charge in [-0.05, 0) is 86.6 Å². The molecule has 0 aliphatic carbocycles. The number of thiocarbonyl (C=S) groups is 1. The largest absolute Gasteiger partial charge is 0.375 e. The fourth-order valence-corrected chi connectivity index (χ4v) is 5.71.